The highest BCUT2D eigenvalue weighted by atomic mass is 32.2. The summed E-state index contributed by atoms with van der Waals surface area (Å²) in [6.07, 6.45) is 10.0. The Labute approximate surface area is 207 Å². The minimum absolute atomic E-state index is 0.0977. The van der Waals surface area contributed by atoms with E-state index in [1.54, 1.807) is 21.3 Å². The van der Waals surface area contributed by atoms with Crippen LogP contribution in [0.2, 0.25) is 0 Å². The van der Waals surface area contributed by atoms with Gasteiger partial charge < -0.3 is 5.32 Å². The third kappa shape index (κ3) is 4.90. The van der Waals surface area contributed by atoms with Gasteiger partial charge in [-0.25, -0.2) is 0 Å². The van der Waals surface area contributed by atoms with Crippen LogP contribution in [-0.2, 0) is 16.8 Å². The average molecular weight is 483 g/mol. The minimum Gasteiger partial charge on any atom is -0.351 e. The zero-order valence-electron chi connectivity index (χ0n) is 21.2. The van der Waals surface area contributed by atoms with Gasteiger partial charge in [0.2, 0.25) is 5.91 Å². The Morgan fingerprint density at radius 1 is 1.12 bits per heavy atom. The van der Waals surface area contributed by atoms with E-state index in [2.05, 4.69) is 26.1 Å². The summed E-state index contributed by atoms with van der Waals surface area (Å²) in [4.78, 5) is 30.6. The zero-order chi connectivity index (χ0) is 24.5. The lowest BCUT2D eigenvalue weighted by Crippen LogP contribution is -2.65. The highest BCUT2D eigenvalue weighted by molar-refractivity contribution is 7.98. The van der Waals surface area contributed by atoms with Gasteiger partial charge in [0.1, 0.15) is 11.2 Å². The third-order valence-corrected chi connectivity index (χ3v) is 7.89. The number of thioether (sulfide) groups is 1. The molecule has 0 saturated heterocycles. The van der Waals surface area contributed by atoms with E-state index in [-0.39, 0.29) is 23.3 Å². The molecule has 1 aliphatic carbocycles. The van der Waals surface area contributed by atoms with Crippen LogP contribution in [0.4, 0.5) is 5.69 Å². The first-order valence-electron chi connectivity index (χ1n) is 12.5. The first-order chi connectivity index (χ1) is 16.1. The average Bonchev–Trinajstić information content (AvgIpc) is 3.20. The van der Waals surface area contributed by atoms with Crippen LogP contribution in [0.5, 0.6) is 0 Å². The van der Waals surface area contributed by atoms with Crippen molar-refractivity contribution in [1.29, 1.82) is 0 Å². The summed E-state index contributed by atoms with van der Waals surface area (Å²) in [6, 6.07) is 9.95. The number of fused-ring (bicyclic) bond motifs is 1. The van der Waals surface area contributed by atoms with E-state index in [9.17, 15) is 9.59 Å². The van der Waals surface area contributed by atoms with Gasteiger partial charge in [0.05, 0.1) is 12.2 Å². The summed E-state index contributed by atoms with van der Waals surface area (Å²) in [5.41, 5.74) is 0.877. The van der Waals surface area contributed by atoms with Crippen molar-refractivity contribution >= 4 is 29.3 Å². The summed E-state index contributed by atoms with van der Waals surface area (Å²) < 4.78 is 1.75. The van der Waals surface area contributed by atoms with Crippen LogP contribution < -0.4 is 10.2 Å². The maximum Gasteiger partial charge on any atom is 0.277 e. The molecule has 1 aromatic carbocycles. The van der Waals surface area contributed by atoms with Gasteiger partial charge in [-0.1, -0.05) is 58.9 Å². The first kappa shape index (κ1) is 24.8. The zero-order valence-corrected chi connectivity index (χ0v) is 22.0. The molecule has 0 spiro atoms. The Bertz CT molecular complexity index is 1050. The van der Waals surface area contributed by atoms with Crippen LogP contribution in [0.25, 0.3) is 0 Å². The lowest BCUT2D eigenvalue weighted by molar-refractivity contribution is -0.127. The van der Waals surface area contributed by atoms with E-state index in [1.165, 1.54) is 19.3 Å². The Hall–Kier alpha value is -2.28. The predicted octanol–water partition coefficient (Wildman–Crippen LogP) is 5.55. The third-order valence-electron chi connectivity index (χ3n) is 7.16. The molecule has 0 radical (unpaired) electrons. The molecule has 2 aliphatic rings. The summed E-state index contributed by atoms with van der Waals surface area (Å²) in [6.45, 7) is 8.48. The maximum absolute atomic E-state index is 13.9. The highest BCUT2D eigenvalue weighted by Gasteiger charge is 2.49. The second kappa shape index (κ2) is 9.76. The summed E-state index contributed by atoms with van der Waals surface area (Å²) >= 11 is 1.63. The Kier molecular flexibility index (Phi) is 7.13. The molecule has 1 atom stereocenters. The molecule has 1 aliphatic heterocycles. The topological polar surface area (TPSA) is 67.2 Å². The molecule has 2 amide bonds. The molecule has 2 heterocycles. The van der Waals surface area contributed by atoms with Crippen molar-refractivity contribution in [1.82, 2.24) is 15.1 Å². The molecule has 6 nitrogen and oxygen atoms in total. The van der Waals surface area contributed by atoms with Crippen molar-refractivity contribution in [3.05, 3.63) is 41.7 Å². The number of amides is 2. The van der Waals surface area contributed by atoms with Gasteiger partial charge in [-0.05, 0) is 50.3 Å². The number of carbonyl (C=O) groups excluding carboxylic acids is 2. The van der Waals surface area contributed by atoms with Gasteiger partial charge >= 0.3 is 0 Å². The van der Waals surface area contributed by atoms with E-state index in [0.29, 0.717) is 12.2 Å². The molecule has 4 rings (SSSR count). The molecule has 1 aromatic heterocycles. The predicted molar refractivity (Wildman–Crippen MR) is 139 cm³/mol. The van der Waals surface area contributed by atoms with Gasteiger partial charge in [-0.15, -0.1) is 11.8 Å². The lowest BCUT2D eigenvalue weighted by Gasteiger charge is -2.44. The number of anilines is 1. The fourth-order valence-electron chi connectivity index (χ4n) is 5.04. The standard InChI is InChI=1S/C27H38N4O2S/c1-26(2,3)23-17-22-24(32)31(20-14-11-15-21(16-20)34-5)27(4,18-30(22)29-23)25(33)28-19-12-9-7-6-8-10-13-19/h11,14-17,19H,6-10,12-13,18H2,1-5H3,(H,28,33)/t27-/m0/s1. The lowest BCUT2D eigenvalue weighted by atomic mass is 9.90. The van der Waals surface area contributed by atoms with Crippen LogP contribution in [0.3, 0.4) is 0 Å². The molecular weight excluding hydrogens is 444 g/mol. The summed E-state index contributed by atoms with van der Waals surface area (Å²) in [7, 11) is 0. The van der Waals surface area contributed by atoms with Crippen molar-refractivity contribution in [2.24, 2.45) is 0 Å². The number of nitrogens with zero attached hydrogens (tertiary/aromatic N) is 3. The Balaban J connectivity index is 1.74. The number of carbonyl (C=O) groups is 2. The molecule has 184 valence electrons. The van der Waals surface area contributed by atoms with E-state index in [0.717, 1.165) is 42.0 Å². The van der Waals surface area contributed by atoms with E-state index < -0.39 is 5.54 Å². The second-order valence-corrected chi connectivity index (χ2v) is 11.8. The minimum atomic E-state index is -1.08. The van der Waals surface area contributed by atoms with Crippen LogP contribution >= 0.6 is 11.8 Å². The maximum atomic E-state index is 13.9. The van der Waals surface area contributed by atoms with Crippen molar-refractivity contribution in [3.8, 4) is 0 Å². The van der Waals surface area contributed by atoms with Crippen LogP contribution in [-0.4, -0.2) is 39.4 Å². The fourth-order valence-corrected chi connectivity index (χ4v) is 5.50. The number of hydrogen-bond donors (Lipinski definition) is 1. The van der Waals surface area contributed by atoms with Gasteiger partial charge in [-0.3, -0.25) is 19.2 Å². The molecule has 1 saturated carbocycles. The second-order valence-electron chi connectivity index (χ2n) is 11.0. The molecular formula is C27H38N4O2S. The van der Waals surface area contributed by atoms with E-state index in [4.69, 9.17) is 5.10 Å². The van der Waals surface area contributed by atoms with Crippen molar-refractivity contribution in [2.45, 2.75) is 101 Å². The van der Waals surface area contributed by atoms with Crippen molar-refractivity contribution < 1.29 is 9.59 Å². The smallest absolute Gasteiger partial charge is 0.277 e. The number of aromatic nitrogens is 2. The highest BCUT2D eigenvalue weighted by Crippen LogP contribution is 2.36. The molecule has 2 aromatic rings. The van der Waals surface area contributed by atoms with Crippen LogP contribution in [0.15, 0.2) is 35.2 Å². The van der Waals surface area contributed by atoms with Crippen LogP contribution in [0.1, 0.15) is 88.8 Å². The van der Waals surface area contributed by atoms with Gasteiger partial charge in [0.15, 0.2) is 0 Å². The summed E-state index contributed by atoms with van der Waals surface area (Å²) in [5.74, 6) is -0.276. The van der Waals surface area contributed by atoms with Gasteiger partial charge in [-0.2, -0.15) is 5.10 Å². The molecule has 7 heteroatoms. The molecule has 1 fully saturated rings. The number of nitrogens with one attached hydrogen (secondary N) is 1. The van der Waals surface area contributed by atoms with E-state index in [1.807, 2.05) is 43.5 Å². The molecule has 1 N–H and O–H groups in total. The number of rotatable bonds is 4. The number of hydrogen-bond acceptors (Lipinski definition) is 4. The normalized spacial score (nSPS) is 22.1. The summed E-state index contributed by atoms with van der Waals surface area (Å²) in [5, 5.41) is 8.11. The molecule has 0 unspecified atom stereocenters. The Morgan fingerprint density at radius 2 is 1.79 bits per heavy atom. The largest absolute Gasteiger partial charge is 0.351 e. The Morgan fingerprint density at radius 3 is 2.44 bits per heavy atom. The van der Waals surface area contributed by atoms with Gasteiger partial charge in [0.25, 0.3) is 5.91 Å². The monoisotopic (exact) mass is 482 g/mol. The molecule has 34 heavy (non-hydrogen) atoms. The molecule has 0 bridgehead atoms. The van der Waals surface area contributed by atoms with Crippen molar-refractivity contribution in [2.75, 3.05) is 11.2 Å². The first-order valence-corrected chi connectivity index (χ1v) is 13.7. The quantitative estimate of drug-likeness (QED) is 0.580. The SMILES string of the molecule is CSc1cccc(N2C(=O)c3cc(C(C)(C)C)nn3C[C@@]2(C)C(=O)NC2CCCCCCC2)c1. The van der Waals surface area contributed by atoms with Crippen LogP contribution in [0, 0.1) is 0 Å². The van der Waals surface area contributed by atoms with Gasteiger partial charge in [0, 0.05) is 22.0 Å². The fraction of sp³-hybridized carbons (Fsp3) is 0.593. The number of benzene rings is 1. The van der Waals surface area contributed by atoms with E-state index >= 15 is 0 Å². The van der Waals surface area contributed by atoms with Crippen molar-refractivity contribution in [3.63, 3.8) is 0 Å².